The summed E-state index contributed by atoms with van der Waals surface area (Å²) in [5, 5.41) is 6.19. The van der Waals surface area contributed by atoms with E-state index in [-0.39, 0.29) is 5.54 Å². The van der Waals surface area contributed by atoms with Gasteiger partial charge >= 0.3 is 6.18 Å². The predicted octanol–water partition coefficient (Wildman–Crippen LogP) is 3.32. The van der Waals surface area contributed by atoms with Crippen LogP contribution < -0.4 is 10.6 Å². The van der Waals surface area contributed by atoms with E-state index in [9.17, 15) is 13.2 Å². The molecule has 88 valence electrons. The monoisotopic (exact) mass is 230 g/mol. The molecule has 0 saturated heterocycles. The molecule has 1 aromatic rings. The first kappa shape index (κ1) is 11.1. The van der Waals surface area contributed by atoms with E-state index in [4.69, 9.17) is 0 Å². The van der Waals surface area contributed by atoms with Gasteiger partial charge in [0, 0.05) is 12.1 Å². The van der Waals surface area contributed by atoms with Gasteiger partial charge in [-0.1, -0.05) is 0 Å². The van der Waals surface area contributed by atoms with E-state index < -0.39 is 11.7 Å². The van der Waals surface area contributed by atoms with E-state index >= 15 is 0 Å². The van der Waals surface area contributed by atoms with Crippen molar-refractivity contribution in [3.05, 3.63) is 23.8 Å². The van der Waals surface area contributed by atoms with Crippen molar-refractivity contribution in [3.8, 4) is 0 Å². The van der Waals surface area contributed by atoms with Crippen LogP contribution in [0.25, 0.3) is 0 Å². The Labute approximate surface area is 91.8 Å². The van der Waals surface area contributed by atoms with Gasteiger partial charge in [-0.2, -0.15) is 13.2 Å². The third kappa shape index (κ3) is 2.08. The molecule has 1 aliphatic heterocycles. The molecule has 0 radical (unpaired) electrons. The highest BCUT2D eigenvalue weighted by molar-refractivity contribution is 5.73. The molecular weight excluding hydrogens is 217 g/mol. The number of benzene rings is 1. The fourth-order valence-electron chi connectivity index (χ4n) is 1.70. The summed E-state index contributed by atoms with van der Waals surface area (Å²) < 4.78 is 37.5. The SMILES string of the molecule is CC1(C)CNc2ccc(C(F)(F)F)cc2N1. The van der Waals surface area contributed by atoms with Crippen molar-refractivity contribution in [2.45, 2.75) is 25.6 Å². The third-order valence-corrected chi connectivity index (χ3v) is 2.54. The Balaban J connectivity index is 2.39. The van der Waals surface area contributed by atoms with Gasteiger partial charge in [0.1, 0.15) is 0 Å². The smallest absolute Gasteiger partial charge is 0.381 e. The van der Waals surface area contributed by atoms with Crippen LogP contribution in [0.3, 0.4) is 0 Å². The molecule has 16 heavy (non-hydrogen) atoms. The zero-order valence-electron chi connectivity index (χ0n) is 9.07. The second-order valence-electron chi connectivity index (χ2n) is 4.62. The Morgan fingerprint density at radius 2 is 1.88 bits per heavy atom. The molecule has 0 bridgehead atoms. The van der Waals surface area contributed by atoms with Crippen LogP contribution >= 0.6 is 0 Å². The first-order valence-corrected chi connectivity index (χ1v) is 5.01. The van der Waals surface area contributed by atoms with Crippen molar-refractivity contribution >= 4 is 11.4 Å². The lowest BCUT2D eigenvalue weighted by Crippen LogP contribution is -2.42. The van der Waals surface area contributed by atoms with Crippen molar-refractivity contribution in [1.29, 1.82) is 0 Å². The molecule has 0 aliphatic carbocycles. The molecule has 0 atom stereocenters. The largest absolute Gasteiger partial charge is 0.416 e. The van der Waals surface area contributed by atoms with Gasteiger partial charge in [0.05, 0.1) is 16.9 Å². The summed E-state index contributed by atoms with van der Waals surface area (Å²) >= 11 is 0. The summed E-state index contributed by atoms with van der Waals surface area (Å²) in [4.78, 5) is 0. The maximum Gasteiger partial charge on any atom is 0.416 e. The molecule has 5 heteroatoms. The Kier molecular flexibility index (Phi) is 2.29. The zero-order valence-corrected chi connectivity index (χ0v) is 9.07. The fraction of sp³-hybridized carbons (Fsp3) is 0.455. The minimum atomic E-state index is -4.29. The van der Waals surface area contributed by atoms with Crippen molar-refractivity contribution in [3.63, 3.8) is 0 Å². The first-order chi connectivity index (χ1) is 7.28. The van der Waals surface area contributed by atoms with Crippen LogP contribution in [0.15, 0.2) is 18.2 Å². The van der Waals surface area contributed by atoms with Crippen LogP contribution in [0.2, 0.25) is 0 Å². The molecule has 2 nitrogen and oxygen atoms in total. The van der Waals surface area contributed by atoms with Crippen molar-refractivity contribution in [2.75, 3.05) is 17.2 Å². The highest BCUT2D eigenvalue weighted by Gasteiger charge is 2.32. The molecule has 0 spiro atoms. The molecule has 1 heterocycles. The molecule has 1 aliphatic rings. The molecule has 1 aromatic carbocycles. The Hall–Kier alpha value is -1.39. The van der Waals surface area contributed by atoms with Crippen LogP contribution in [0, 0.1) is 0 Å². The van der Waals surface area contributed by atoms with Crippen LogP contribution in [-0.2, 0) is 6.18 Å². The van der Waals surface area contributed by atoms with Gasteiger partial charge in [-0.05, 0) is 32.0 Å². The van der Waals surface area contributed by atoms with Gasteiger partial charge in [0.25, 0.3) is 0 Å². The van der Waals surface area contributed by atoms with Gasteiger partial charge in [-0.15, -0.1) is 0 Å². The molecule has 2 N–H and O–H groups in total. The van der Waals surface area contributed by atoms with Crippen molar-refractivity contribution < 1.29 is 13.2 Å². The van der Waals surface area contributed by atoms with Crippen molar-refractivity contribution in [1.82, 2.24) is 0 Å². The highest BCUT2D eigenvalue weighted by atomic mass is 19.4. The molecule has 0 aromatic heterocycles. The highest BCUT2D eigenvalue weighted by Crippen LogP contribution is 2.36. The van der Waals surface area contributed by atoms with Gasteiger partial charge in [0.2, 0.25) is 0 Å². The van der Waals surface area contributed by atoms with Crippen LogP contribution in [0.4, 0.5) is 24.5 Å². The Morgan fingerprint density at radius 1 is 1.19 bits per heavy atom. The summed E-state index contributed by atoms with van der Waals surface area (Å²) in [6.07, 6.45) is -4.29. The minimum absolute atomic E-state index is 0.239. The number of halogens is 3. The maximum atomic E-state index is 12.5. The van der Waals surface area contributed by atoms with E-state index in [0.29, 0.717) is 17.9 Å². The van der Waals surface area contributed by atoms with E-state index in [1.165, 1.54) is 6.07 Å². The molecule has 2 rings (SSSR count). The summed E-state index contributed by atoms with van der Waals surface area (Å²) in [5.41, 5.74) is 0.355. The normalized spacial score (nSPS) is 18.3. The van der Waals surface area contributed by atoms with Crippen LogP contribution in [0.5, 0.6) is 0 Å². The lowest BCUT2D eigenvalue weighted by Gasteiger charge is -2.35. The van der Waals surface area contributed by atoms with E-state index in [1.807, 2.05) is 13.8 Å². The third-order valence-electron chi connectivity index (χ3n) is 2.54. The zero-order chi connectivity index (χ0) is 12.0. The number of hydrogen-bond acceptors (Lipinski definition) is 2. The molecular formula is C11H13F3N2. The summed E-state index contributed by atoms with van der Waals surface area (Å²) in [6, 6.07) is 3.69. The number of fused-ring (bicyclic) bond motifs is 1. The van der Waals surface area contributed by atoms with Crippen molar-refractivity contribution in [2.24, 2.45) is 0 Å². The van der Waals surface area contributed by atoms with Crippen LogP contribution in [-0.4, -0.2) is 12.1 Å². The number of rotatable bonds is 0. The number of alkyl halides is 3. The average molecular weight is 230 g/mol. The fourth-order valence-corrected chi connectivity index (χ4v) is 1.70. The summed E-state index contributed by atoms with van der Waals surface area (Å²) in [7, 11) is 0. The van der Waals surface area contributed by atoms with Gasteiger partial charge < -0.3 is 10.6 Å². The molecule has 0 saturated carbocycles. The quantitative estimate of drug-likeness (QED) is 0.714. The van der Waals surface area contributed by atoms with E-state index in [1.54, 1.807) is 0 Å². The van der Waals surface area contributed by atoms with E-state index in [0.717, 1.165) is 12.1 Å². The summed E-state index contributed by atoms with van der Waals surface area (Å²) in [5.74, 6) is 0. The maximum absolute atomic E-state index is 12.5. The summed E-state index contributed by atoms with van der Waals surface area (Å²) in [6.45, 7) is 4.55. The van der Waals surface area contributed by atoms with Gasteiger partial charge in [-0.25, -0.2) is 0 Å². The predicted molar refractivity (Wildman–Crippen MR) is 57.6 cm³/mol. The van der Waals surface area contributed by atoms with Gasteiger partial charge in [0.15, 0.2) is 0 Å². The minimum Gasteiger partial charge on any atom is -0.381 e. The molecule has 0 fully saturated rings. The number of anilines is 2. The lowest BCUT2D eigenvalue weighted by atomic mass is 10.0. The topological polar surface area (TPSA) is 24.1 Å². The Morgan fingerprint density at radius 3 is 2.50 bits per heavy atom. The second kappa shape index (κ2) is 3.30. The standard InChI is InChI=1S/C11H13F3N2/c1-10(2)6-15-8-4-3-7(11(12,13)14)5-9(8)16-10/h3-5,15-16H,6H2,1-2H3. The van der Waals surface area contributed by atoms with Crippen LogP contribution in [0.1, 0.15) is 19.4 Å². The number of hydrogen-bond donors (Lipinski definition) is 2. The molecule has 0 unspecified atom stereocenters. The average Bonchev–Trinajstić information content (AvgIpc) is 2.13. The van der Waals surface area contributed by atoms with E-state index in [2.05, 4.69) is 10.6 Å². The first-order valence-electron chi connectivity index (χ1n) is 5.01. The lowest BCUT2D eigenvalue weighted by molar-refractivity contribution is -0.137. The Bertz CT molecular complexity index is 410. The number of nitrogens with one attached hydrogen (secondary N) is 2. The molecule has 0 amide bonds. The van der Waals surface area contributed by atoms with Gasteiger partial charge in [-0.3, -0.25) is 0 Å². The second-order valence-corrected chi connectivity index (χ2v) is 4.62.